The van der Waals surface area contributed by atoms with Crippen LogP contribution in [0.25, 0.3) is 0 Å². The zero-order valence-electron chi connectivity index (χ0n) is 6.71. The molecule has 1 aromatic rings. The quantitative estimate of drug-likeness (QED) is 0.758. The molecule has 0 saturated heterocycles. The Balaban J connectivity index is 3.00. The fourth-order valence-corrected chi connectivity index (χ4v) is 1.03. The van der Waals surface area contributed by atoms with Crippen molar-refractivity contribution in [3.63, 3.8) is 0 Å². The van der Waals surface area contributed by atoms with Gasteiger partial charge >= 0.3 is 5.92 Å². The molecule has 0 heterocycles. The van der Waals surface area contributed by atoms with Gasteiger partial charge in [0.05, 0.1) is 11.5 Å². The number of aliphatic hydroxyl groups excluding tert-OH is 1. The van der Waals surface area contributed by atoms with E-state index in [1.54, 1.807) is 6.07 Å². The molecule has 13 heavy (non-hydrogen) atoms. The van der Waals surface area contributed by atoms with Crippen LogP contribution in [0.4, 0.5) is 8.78 Å². The van der Waals surface area contributed by atoms with Gasteiger partial charge in [-0.15, -0.1) is 0 Å². The van der Waals surface area contributed by atoms with Crippen LogP contribution in [0.15, 0.2) is 30.3 Å². The Morgan fingerprint density at radius 3 is 2.31 bits per heavy atom. The molecule has 0 aliphatic heterocycles. The molecule has 0 saturated carbocycles. The summed E-state index contributed by atoms with van der Waals surface area (Å²) in [7, 11) is 0. The van der Waals surface area contributed by atoms with E-state index in [2.05, 4.69) is 12.2 Å². The third-order valence-corrected chi connectivity index (χ3v) is 2.02. The van der Waals surface area contributed by atoms with E-state index in [0.29, 0.717) is 0 Å². The van der Waals surface area contributed by atoms with E-state index in [0.717, 1.165) is 0 Å². The number of alkyl halides is 2. The van der Waals surface area contributed by atoms with Crippen LogP contribution in [0.2, 0.25) is 0 Å². The Labute approximate surface area is 80.0 Å². The fourth-order valence-electron chi connectivity index (χ4n) is 0.908. The van der Waals surface area contributed by atoms with E-state index in [9.17, 15) is 8.78 Å². The minimum atomic E-state index is -3.22. The number of hydrogen-bond acceptors (Lipinski definition) is 2. The molecule has 0 radical (unpaired) electrons. The number of thiocarbonyl (C=S) groups is 1. The lowest BCUT2D eigenvalue weighted by atomic mass is 10.1. The highest BCUT2D eigenvalue weighted by atomic mass is 32.1. The lowest BCUT2D eigenvalue weighted by Crippen LogP contribution is -2.26. The first-order valence-corrected chi connectivity index (χ1v) is 4.07. The summed E-state index contributed by atoms with van der Waals surface area (Å²) < 4.78 is 26.5. The van der Waals surface area contributed by atoms with Gasteiger partial charge in [0.2, 0.25) is 0 Å². The first-order chi connectivity index (χ1) is 6.09. The van der Waals surface area contributed by atoms with E-state index in [1.165, 1.54) is 24.3 Å². The molecule has 1 N–H and O–H groups in total. The molecule has 1 aromatic carbocycles. The van der Waals surface area contributed by atoms with E-state index < -0.39 is 17.4 Å². The molecule has 0 unspecified atom stereocenters. The second-order valence-electron chi connectivity index (χ2n) is 2.52. The Kier molecular flexibility index (Phi) is 3.06. The molecule has 0 spiro atoms. The third-order valence-electron chi connectivity index (χ3n) is 1.63. The van der Waals surface area contributed by atoms with Gasteiger partial charge in [-0.05, 0) is 0 Å². The maximum atomic E-state index is 13.2. The van der Waals surface area contributed by atoms with Crippen LogP contribution < -0.4 is 0 Å². The summed E-state index contributed by atoms with van der Waals surface area (Å²) in [5, 5.41) is 8.51. The number of halogens is 2. The molecule has 0 amide bonds. The van der Waals surface area contributed by atoms with Gasteiger partial charge in [0.1, 0.15) is 0 Å². The van der Waals surface area contributed by atoms with Crippen LogP contribution in [0.5, 0.6) is 0 Å². The Bertz CT molecular complexity index is 298. The lowest BCUT2D eigenvalue weighted by molar-refractivity contribution is 0.0726. The molecule has 0 bridgehead atoms. The van der Waals surface area contributed by atoms with Crippen LogP contribution in [-0.4, -0.2) is 16.6 Å². The summed E-state index contributed by atoms with van der Waals surface area (Å²) in [4.78, 5) is -0.654. The molecule has 0 atom stereocenters. The van der Waals surface area contributed by atoms with Gasteiger partial charge in [0.15, 0.2) is 0 Å². The van der Waals surface area contributed by atoms with Crippen molar-refractivity contribution in [3.05, 3.63) is 35.9 Å². The van der Waals surface area contributed by atoms with E-state index in [1.807, 2.05) is 0 Å². The molecular formula is C9H8F2OS. The standard InChI is InChI=1S/C9H8F2OS/c10-9(11,8(13)6-12)7-4-2-1-3-5-7/h1-5,12H,6H2. The summed E-state index contributed by atoms with van der Waals surface area (Å²) in [5.74, 6) is -3.22. The number of aliphatic hydroxyl groups is 1. The topological polar surface area (TPSA) is 20.2 Å². The van der Waals surface area contributed by atoms with Crippen LogP contribution in [-0.2, 0) is 5.92 Å². The third kappa shape index (κ3) is 2.08. The zero-order valence-corrected chi connectivity index (χ0v) is 7.52. The molecule has 1 rings (SSSR count). The highest BCUT2D eigenvalue weighted by Crippen LogP contribution is 2.29. The van der Waals surface area contributed by atoms with Gasteiger partial charge in [-0.2, -0.15) is 8.78 Å². The number of hydrogen-bond donors (Lipinski definition) is 1. The second-order valence-corrected chi connectivity index (χ2v) is 3.01. The molecule has 0 fully saturated rings. The predicted octanol–water partition coefficient (Wildman–Crippen LogP) is 2.14. The monoisotopic (exact) mass is 202 g/mol. The SMILES string of the molecule is OCC(=S)C(F)(F)c1ccccc1. The van der Waals surface area contributed by atoms with Crippen molar-refractivity contribution >= 4 is 17.1 Å². The first-order valence-electron chi connectivity index (χ1n) is 3.66. The van der Waals surface area contributed by atoms with Crippen molar-refractivity contribution in [2.45, 2.75) is 5.92 Å². The van der Waals surface area contributed by atoms with Gasteiger partial charge in [-0.1, -0.05) is 42.5 Å². The van der Waals surface area contributed by atoms with E-state index >= 15 is 0 Å². The second kappa shape index (κ2) is 3.89. The maximum absolute atomic E-state index is 13.2. The Morgan fingerprint density at radius 2 is 1.85 bits per heavy atom. The van der Waals surface area contributed by atoms with Crippen molar-refractivity contribution in [1.82, 2.24) is 0 Å². The number of benzene rings is 1. The van der Waals surface area contributed by atoms with E-state index in [-0.39, 0.29) is 5.56 Å². The van der Waals surface area contributed by atoms with Gasteiger partial charge in [-0.25, -0.2) is 0 Å². The van der Waals surface area contributed by atoms with Crippen molar-refractivity contribution in [3.8, 4) is 0 Å². The van der Waals surface area contributed by atoms with Gasteiger partial charge < -0.3 is 5.11 Å². The summed E-state index contributed by atoms with van der Waals surface area (Å²) >= 11 is 4.37. The Morgan fingerprint density at radius 1 is 1.31 bits per heavy atom. The molecular weight excluding hydrogens is 194 g/mol. The fraction of sp³-hybridized carbons (Fsp3) is 0.222. The van der Waals surface area contributed by atoms with Gasteiger partial charge in [0, 0.05) is 5.56 Å². The molecule has 70 valence electrons. The highest BCUT2D eigenvalue weighted by Gasteiger charge is 2.35. The molecule has 1 nitrogen and oxygen atoms in total. The molecule has 0 aliphatic rings. The predicted molar refractivity (Wildman–Crippen MR) is 50.0 cm³/mol. The molecule has 4 heteroatoms. The van der Waals surface area contributed by atoms with E-state index in [4.69, 9.17) is 5.11 Å². The minimum Gasteiger partial charge on any atom is -0.391 e. The summed E-state index contributed by atoms with van der Waals surface area (Å²) in [5.41, 5.74) is -0.186. The van der Waals surface area contributed by atoms with Crippen LogP contribution in [0.1, 0.15) is 5.56 Å². The Hall–Kier alpha value is -0.870. The van der Waals surface area contributed by atoms with Crippen molar-refractivity contribution in [1.29, 1.82) is 0 Å². The average molecular weight is 202 g/mol. The lowest BCUT2D eigenvalue weighted by Gasteiger charge is -2.15. The van der Waals surface area contributed by atoms with Crippen molar-refractivity contribution < 1.29 is 13.9 Å². The van der Waals surface area contributed by atoms with Crippen molar-refractivity contribution in [2.24, 2.45) is 0 Å². The average Bonchev–Trinajstić information content (AvgIpc) is 2.18. The largest absolute Gasteiger partial charge is 0.391 e. The molecule has 0 aromatic heterocycles. The van der Waals surface area contributed by atoms with Gasteiger partial charge in [-0.3, -0.25) is 0 Å². The molecule has 0 aliphatic carbocycles. The smallest absolute Gasteiger partial charge is 0.306 e. The summed E-state index contributed by atoms with van der Waals surface area (Å²) in [6.07, 6.45) is 0. The normalized spacial score (nSPS) is 11.3. The van der Waals surface area contributed by atoms with Crippen molar-refractivity contribution in [2.75, 3.05) is 6.61 Å². The van der Waals surface area contributed by atoms with Crippen LogP contribution in [0.3, 0.4) is 0 Å². The minimum absolute atomic E-state index is 0.186. The summed E-state index contributed by atoms with van der Waals surface area (Å²) in [6.45, 7) is -0.781. The van der Waals surface area contributed by atoms with Gasteiger partial charge in [0.25, 0.3) is 0 Å². The summed E-state index contributed by atoms with van der Waals surface area (Å²) in [6, 6.07) is 7.21. The van der Waals surface area contributed by atoms with Crippen LogP contribution >= 0.6 is 12.2 Å². The van der Waals surface area contributed by atoms with Crippen LogP contribution in [0, 0.1) is 0 Å². The highest BCUT2D eigenvalue weighted by molar-refractivity contribution is 7.80. The maximum Gasteiger partial charge on any atom is 0.306 e. The first kappa shape index (κ1) is 10.2. The number of rotatable bonds is 3. The zero-order chi connectivity index (χ0) is 9.90.